The third-order valence-electron chi connectivity index (χ3n) is 4.38. The van der Waals surface area contributed by atoms with Gasteiger partial charge >= 0.3 is 0 Å². The number of hydrogen-bond acceptors (Lipinski definition) is 3. The molecule has 1 aromatic carbocycles. The molecule has 2 heterocycles. The molecule has 2 aliphatic heterocycles. The summed E-state index contributed by atoms with van der Waals surface area (Å²) in [4.78, 5) is 2.52. The van der Waals surface area contributed by atoms with E-state index in [-0.39, 0.29) is 0 Å². The van der Waals surface area contributed by atoms with Gasteiger partial charge in [0.1, 0.15) is 0 Å². The summed E-state index contributed by atoms with van der Waals surface area (Å²) < 4.78 is 1.18. The Hall–Kier alpha value is -0.190. The van der Waals surface area contributed by atoms with Crippen LogP contribution in [0.5, 0.6) is 0 Å². The predicted molar refractivity (Wildman–Crippen MR) is 92.8 cm³/mol. The quantitative estimate of drug-likeness (QED) is 0.885. The van der Waals surface area contributed by atoms with Gasteiger partial charge in [0.2, 0.25) is 0 Å². The molecule has 2 fully saturated rings. The Labute approximate surface area is 134 Å². The molecule has 1 aromatic rings. The number of nitrogens with zero attached hydrogens (tertiary/aromatic N) is 1. The summed E-state index contributed by atoms with van der Waals surface area (Å²) in [7, 11) is 0. The van der Waals surface area contributed by atoms with Crippen LogP contribution >= 0.6 is 27.7 Å². The highest BCUT2D eigenvalue weighted by Gasteiger charge is 2.23. The summed E-state index contributed by atoms with van der Waals surface area (Å²) in [5.41, 5.74) is 1.36. The third-order valence-corrected chi connectivity index (χ3v) is 5.92. The first-order chi connectivity index (χ1) is 9.81. The fraction of sp³-hybridized carbons (Fsp3) is 0.625. The average Bonchev–Trinajstić information content (AvgIpc) is 2.95. The van der Waals surface area contributed by atoms with Crippen LogP contribution in [0.3, 0.4) is 0 Å². The molecule has 110 valence electrons. The molecule has 0 bridgehead atoms. The second-order valence-electron chi connectivity index (χ2n) is 5.88. The second kappa shape index (κ2) is 7.19. The zero-order valence-electron chi connectivity index (χ0n) is 11.9. The van der Waals surface area contributed by atoms with Crippen LogP contribution in [0.2, 0.25) is 0 Å². The molecule has 0 aliphatic carbocycles. The van der Waals surface area contributed by atoms with E-state index in [0.29, 0.717) is 0 Å². The minimum atomic E-state index is 0.774. The van der Waals surface area contributed by atoms with Crippen molar-refractivity contribution in [1.29, 1.82) is 0 Å². The summed E-state index contributed by atoms with van der Waals surface area (Å²) in [5, 5.41) is 3.80. The molecule has 2 nitrogen and oxygen atoms in total. The van der Waals surface area contributed by atoms with Crippen molar-refractivity contribution in [2.45, 2.75) is 25.3 Å². The lowest BCUT2D eigenvalue weighted by molar-refractivity contribution is 0.428. The van der Waals surface area contributed by atoms with E-state index in [2.05, 4.69) is 62.2 Å². The van der Waals surface area contributed by atoms with E-state index in [0.717, 1.165) is 12.0 Å². The Morgan fingerprint density at radius 1 is 1.25 bits per heavy atom. The van der Waals surface area contributed by atoms with Crippen molar-refractivity contribution in [3.63, 3.8) is 0 Å². The maximum atomic E-state index is 3.80. The highest BCUT2D eigenvalue weighted by molar-refractivity contribution is 9.10. The van der Waals surface area contributed by atoms with Crippen molar-refractivity contribution in [3.8, 4) is 0 Å². The standard InChI is InChI=1S/C16H23BrN2S/c17-14-2-1-3-16(10-14)19-7-4-13(12-19)11-18-15-5-8-20-9-6-15/h1-3,10,13,15,18H,4-9,11-12H2. The molecular weight excluding hydrogens is 332 g/mol. The summed E-state index contributed by atoms with van der Waals surface area (Å²) in [6, 6.07) is 9.45. The topological polar surface area (TPSA) is 15.3 Å². The molecule has 4 heteroatoms. The van der Waals surface area contributed by atoms with Crippen molar-refractivity contribution in [2.75, 3.05) is 36.0 Å². The first-order valence-electron chi connectivity index (χ1n) is 7.63. The van der Waals surface area contributed by atoms with Crippen molar-refractivity contribution in [1.82, 2.24) is 5.32 Å². The molecule has 0 aromatic heterocycles. The van der Waals surface area contributed by atoms with Gasteiger partial charge in [-0.2, -0.15) is 11.8 Å². The van der Waals surface area contributed by atoms with Crippen molar-refractivity contribution in [2.24, 2.45) is 5.92 Å². The Morgan fingerprint density at radius 3 is 2.90 bits per heavy atom. The molecule has 0 saturated carbocycles. The van der Waals surface area contributed by atoms with Crippen molar-refractivity contribution < 1.29 is 0 Å². The molecule has 20 heavy (non-hydrogen) atoms. The smallest absolute Gasteiger partial charge is 0.0377 e. The maximum Gasteiger partial charge on any atom is 0.0377 e. The van der Waals surface area contributed by atoms with Gasteiger partial charge in [0.15, 0.2) is 0 Å². The fourth-order valence-corrected chi connectivity index (χ4v) is 4.64. The van der Waals surface area contributed by atoms with Crippen LogP contribution in [0.1, 0.15) is 19.3 Å². The van der Waals surface area contributed by atoms with Crippen molar-refractivity contribution in [3.05, 3.63) is 28.7 Å². The van der Waals surface area contributed by atoms with Gasteiger partial charge in [-0.25, -0.2) is 0 Å². The number of halogens is 1. The SMILES string of the molecule is Brc1cccc(N2CCC(CNC3CCSCC3)C2)c1. The Kier molecular flexibility index (Phi) is 5.30. The summed E-state index contributed by atoms with van der Waals surface area (Å²) in [5.74, 6) is 3.49. The van der Waals surface area contributed by atoms with Gasteiger partial charge in [-0.3, -0.25) is 0 Å². The summed E-state index contributed by atoms with van der Waals surface area (Å²) >= 11 is 5.67. The zero-order valence-corrected chi connectivity index (χ0v) is 14.3. The van der Waals surface area contributed by atoms with Crippen LogP contribution in [0.25, 0.3) is 0 Å². The van der Waals surface area contributed by atoms with Gasteiger partial charge in [-0.1, -0.05) is 22.0 Å². The Morgan fingerprint density at radius 2 is 2.10 bits per heavy atom. The lowest BCUT2D eigenvalue weighted by atomic mass is 10.1. The van der Waals surface area contributed by atoms with Gasteiger partial charge in [0.05, 0.1) is 0 Å². The lowest BCUT2D eigenvalue weighted by Gasteiger charge is -2.24. The highest BCUT2D eigenvalue weighted by atomic mass is 79.9. The van der Waals surface area contributed by atoms with E-state index in [1.54, 1.807) is 0 Å². The highest BCUT2D eigenvalue weighted by Crippen LogP contribution is 2.26. The van der Waals surface area contributed by atoms with Crippen molar-refractivity contribution >= 4 is 33.4 Å². The Balaban J connectivity index is 1.47. The zero-order chi connectivity index (χ0) is 13.8. The van der Waals surface area contributed by atoms with E-state index in [1.165, 1.54) is 60.6 Å². The number of benzene rings is 1. The van der Waals surface area contributed by atoms with Gasteiger partial charge < -0.3 is 10.2 Å². The molecular formula is C16H23BrN2S. The first-order valence-corrected chi connectivity index (χ1v) is 9.57. The minimum absolute atomic E-state index is 0.774. The molecule has 1 N–H and O–H groups in total. The molecule has 0 radical (unpaired) electrons. The van der Waals surface area contributed by atoms with Crippen LogP contribution in [0.4, 0.5) is 5.69 Å². The maximum absolute atomic E-state index is 3.80. The normalized spacial score (nSPS) is 24.2. The molecule has 0 spiro atoms. The first kappa shape index (κ1) is 14.7. The molecule has 1 unspecified atom stereocenters. The van der Waals surface area contributed by atoms with Crippen LogP contribution in [-0.4, -0.2) is 37.2 Å². The fourth-order valence-electron chi connectivity index (χ4n) is 3.14. The van der Waals surface area contributed by atoms with Crippen LogP contribution in [-0.2, 0) is 0 Å². The molecule has 2 saturated heterocycles. The van der Waals surface area contributed by atoms with Crippen LogP contribution in [0, 0.1) is 5.92 Å². The van der Waals surface area contributed by atoms with Gasteiger partial charge in [-0.05, 0) is 61.4 Å². The molecule has 1 atom stereocenters. The van der Waals surface area contributed by atoms with Gasteiger partial charge in [0, 0.05) is 29.3 Å². The summed E-state index contributed by atoms with van der Waals surface area (Å²) in [6.45, 7) is 3.59. The molecule has 2 aliphatic rings. The lowest BCUT2D eigenvalue weighted by Crippen LogP contribution is -2.36. The largest absolute Gasteiger partial charge is 0.371 e. The number of rotatable bonds is 4. The third kappa shape index (κ3) is 3.92. The van der Waals surface area contributed by atoms with E-state index >= 15 is 0 Å². The van der Waals surface area contributed by atoms with E-state index in [4.69, 9.17) is 0 Å². The van der Waals surface area contributed by atoms with Crippen LogP contribution in [0.15, 0.2) is 28.7 Å². The van der Waals surface area contributed by atoms with Gasteiger partial charge in [-0.15, -0.1) is 0 Å². The molecule has 0 amide bonds. The van der Waals surface area contributed by atoms with E-state index < -0.39 is 0 Å². The number of hydrogen-bond donors (Lipinski definition) is 1. The monoisotopic (exact) mass is 354 g/mol. The van der Waals surface area contributed by atoms with E-state index in [1.807, 2.05) is 0 Å². The van der Waals surface area contributed by atoms with E-state index in [9.17, 15) is 0 Å². The number of nitrogens with one attached hydrogen (secondary N) is 1. The Bertz CT molecular complexity index is 434. The minimum Gasteiger partial charge on any atom is -0.371 e. The summed E-state index contributed by atoms with van der Waals surface area (Å²) in [6.07, 6.45) is 4.03. The average molecular weight is 355 g/mol. The predicted octanol–water partition coefficient (Wildman–Crippen LogP) is 3.76. The molecule has 3 rings (SSSR count). The van der Waals surface area contributed by atoms with Crippen LogP contribution < -0.4 is 10.2 Å². The van der Waals surface area contributed by atoms with Gasteiger partial charge in [0.25, 0.3) is 0 Å². The number of anilines is 1. The second-order valence-corrected chi connectivity index (χ2v) is 8.02. The number of thioether (sulfide) groups is 1.